The SMILES string of the molecule is COCC1CC(c2ncc(-c3ccc(B4OC(C)(C)C(C)(C)O4)cc3)[nH]2)N(C(=O)C(NC(=O)O)C(C)C)C1. The molecule has 2 amide bonds. The first-order valence-electron chi connectivity index (χ1n) is 13.1. The molecule has 3 atom stereocenters. The number of nitrogens with zero attached hydrogens (tertiary/aromatic N) is 2. The van der Waals surface area contributed by atoms with Crippen molar-refractivity contribution in [3.63, 3.8) is 0 Å². The molecule has 3 N–H and O–H groups in total. The van der Waals surface area contributed by atoms with Gasteiger partial charge in [0, 0.05) is 19.6 Å². The van der Waals surface area contributed by atoms with E-state index in [9.17, 15) is 14.7 Å². The minimum atomic E-state index is -1.22. The molecule has 10 nitrogen and oxygen atoms in total. The summed E-state index contributed by atoms with van der Waals surface area (Å²) in [7, 11) is 1.20. The van der Waals surface area contributed by atoms with Crippen LogP contribution in [0.25, 0.3) is 11.3 Å². The monoisotopic (exact) mass is 526 g/mol. The second-order valence-electron chi connectivity index (χ2n) is 11.6. The van der Waals surface area contributed by atoms with Gasteiger partial charge in [-0.1, -0.05) is 38.1 Å². The van der Waals surface area contributed by atoms with Crippen molar-refractivity contribution < 1.29 is 28.7 Å². The number of ether oxygens (including phenoxy) is 1. The molecule has 2 aliphatic rings. The average molecular weight is 526 g/mol. The number of nitrogens with one attached hydrogen (secondary N) is 2. The largest absolute Gasteiger partial charge is 0.494 e. The van der Waals surface area contributed by atoms with Gasteiger partial charge in [-0.15, -0.1) is 0 Å². The number of hydrogen-bond donors (Lipinski definition) is 3. The number of carbonyl (C=O) groups excluding carboxylic acids is 1. The number of amides is 2. The molecule has 3 heterocycles. The maximum atomic E-state index is 13.5. The predicted molar refractivity (Wildman–Crippen MR) is 144 cm³/mol. The van der Waals surface area contributed by atoms with Crippen LogP contribution in [0.3, 0.4) is 0 Å². The molecule has 0 saturated carbocycles. The number of methoxy groups -OCH3 is 1. The Balaban J connectivity index is 1.54. The van der Waals surface area contributed by atoms with Crippen LogP contribution in [0.4, 0.5) is 4.79 Å². The van der Waals surface area contributed by atoms with E-state index in [1.165, 1.54) is 0 Å². The van der Waals surface area contributed by atoms with Crippen molar-refractivity contribution in [2.75, 3.05) is 20.3 Å². The van der Waals surface area contributed by atoms with Crippen LogP contribution in [0.15, 0.2) is 30.5 Å². The van der Waals surface area contributed by atoms with Crippen LogP contribution in [0.1, 0.15) is 59.8 Å². The fourth-order valence-electron chi connectivity index (χ4n) is 5.06. The number of imidazole rings is 1. The highest BCUT2D eigenvalue weighted by atomic mass is 16.7. The molecule has 2 saturated heterocycles. The lowest BCUT2D eigenvalue weighted by atomic mass is 9.79. The average Bonchev–Trinajstić information content (AvgIpc) is 3.53. The highest BCUT2D eigenvalue weighted by Crippen LogP contribution is 2.37. The van der Waals surface area contributed by atoms with Crippen molar-refractivity contribution >= 4 is 24.6 Å². The van der Waals surface area contributed by atoms with Gasteiger partial charge >= 0.3 is 13.2 Å². The van der Waals surface area contributed by atoms with E-state index in [-0.39, 0.29) is 23.8 Å². The van der Waals surface area contributed by atoms with Gasteiger partial charge in [0.25, 0.3) is 0 Å². The molecule has 2 fully saturated rings. The summed E-state index contributed by atoms with van der Waals surface area (Å²) in [6.07, 6.45) is 1.22. The topological polar surface area (TPSA) is 126 Å². The lowest BCUT2D eigenvalue weighted by Crippen LogP contribution is -2.51. The number of likely N-dealkylation sites (tertiary alicyclic amines) is 1. The lowest BCUT2D eigenvalue weighted by Gasteiger charge is -2.32. The number of H-pyrrole nitrogens is 1. The van der Waals surface area contributed by atoms with E-state index in [1.54, 1.807) is 18.2 Å². The number of benzene rings is 1. The number of aromatic amines is 1. The maximum Gasteiger partial charge on any atom is 0.494 e. The Hall–Kier alpha value is -2.89. The van der Waals surface area contributed by atoms with Gasteiger partial charge in [-0.2, -0.15) is 0 Å². The van der Waals surface area contributed by atoms with Gasteiger partial charge in [0.2, 0.25) is 5.91 Å². The smallest absolute Gasteiger partial charge is 0.465 e. The van der Waals surface area contributed by atoms with Gasteiger partial charge in [0.15, 0.2) is 0 Å². The third-order valence-electron chi connectivity index (χ3n) is 7.94. The highest BCUT2D eigenvalue weighted by Gasteiger charge is 2.51. The van der Waals surface area contributed by atoms with Crippen molar-refractivity contribution in [2.45, 2.75) is 71.2 Å². The van der Waals surface area contributed by atoms with E-state index in [2.05, 4.69) is 15.3 Å². The first-order chi connectivity index (χ1) is 17.8. The first-order valence-corrected chi connectivity index (χ1v) is 13.1. The normalized spacial score (nSPS) is 23.2. The molecule has 1 aromatic carbocycles. The Bertz CT molecular complexity index is 1130. The molecule has 0 spiro atoms. The number of aromatic nitrogens is 2. The van der Waals surface area contributed by atoms with Crippen LogP contribution in [0, 0.1) is 11.8 Å². The summed E-state index contributed by atoms with van der Waals surface area (Å²) in [6, 6.07) is 6.82. The molecule has 0 aliphatic carbocycles. The lowest BCUT2D eigenvalue weighted by molar-refractivity contribution is -0.135. The predicted octanol–water partition coefficient (Wildman–Crippen LogP) is 3.20. The van der Waals surface area contributed by atoms with E-state index in [0.29, 0.717) is 25.4 Å². The van der Waals surface area contributed by atoms with Crippen molar-refractivity contribution in [3.05, 3.63) is 36.3 Å². The van der Waals surface area contributed by atoms with Gasteiger partial charge in [-0.05, 0) is 51.1 Å². The van der Waals surface area contributed by atoms with Crippen molar-refractivity contribution in [3.8, 4) is 11.3 Å². The Labute approximate surface area is 224 Å². The maximum absolute atomic E-state index is 13.5. The minimum absolute atomic E-state index is 0.124. The second kappa shape index (κ2) is 10.7. The molecule has 38 heavy (non-hydrogen) atoms. The van der Waals surface area contributed by atoms with Crippen molar-refractivity contribution in [2.24, 2.45) is 11.8 Å². The van der Waals surface area contributed by atoms with E-state index in [1.807, 2.05) is 65.8 Å². The van der Waals surface area contributed by atoms with Crippen molar-refractivity contribution in [1.29, 1.82) is 0 Å². The zero-order valence-corrected chi connectivity index (χ0v) is 23.3. The van der Waals surface area contributed by atoms with E-state index < -0.39 is 30.5 Å². The summed E-state index contributed by atoms with van der Waals surface area (Å²) >= 11 is 0. The first kappa shape index (κ1) is 28.1. The molecule has 0 bridgehead atoms. The summed E-state index contributed by atoms with van der Waals surface area (Å²) in [4.78, 5) is 34.6. The molecule has 2 aromatic rings. The van der Waals surface area contributed by atoms with Gasteiger partial charge < -0.3 is 34.4 Å². The third-order valence-corrected chi connectivity index (χ3v) is 7.94. The summed E-state index contributed by atoms with van der Waals surface area (Å²) in [5, 5.41) is 11.7. The fraction of sp³-hybridized carbons (Fsp3) is 0.593. The molecule has 2 aliphatic heterocycles. The Morgan fingerprint density at radius 2 is 1.84 bits per heavy atom. The van der Waals surface area contributed by atoms with Crippen LogP contribution in [0.2, 0.25) is 0 Å². The Kier molecular flexibility index (Phi) is 7.93. The summed E-state index contributed by atoms with van der Waals surface area (Å²) in [5.74, 6) is 0.338. The van der Waals surface area contributed by atoms with Crippen LogP contribution in [-0.4, -0.2) is 76.6 Å². The second-order valence-corrected chi connectivity index (χ2v) is 11.6. The molecule has 1 aromatic heterocycles. The van der Waals surface area contributed by atoms with E-state index in [4.69, 9.17) is 14.0 Å². The standard InChI is InChI=1S/C27H39BN4O6/c1-16(2)22(31-25(34)35)24(33)32-14-17(15-36-7)12-21(32)23-29-13-20(30-23)18-8-10-19(11-9-18)28-37-26(3,4)27(5,6)38-28/h8-11,13,16-17,21-22,31H,12,14-15H2,1-7H3,(H,29,30)(H,34,35). The van der Waals surface area contributed by atoms with Gasteiger partial charge in [-0.25, -0.2) is 9.78 Å². The van der Waals surface area contributed by atoms with Gasteiger partial charge in [-0.3, -0.25) is 4.79 Å². The molecule has 206 valence electrons. The zero-order valence-electron chi connectivity index (χ0n) is 23.3. The van der Waals surface area contributed by atoms with E-state index in [0.717, 1.165) is 16.7 Å². The molecular formula is C27H39BN4O6. The van der Waals surface area contributed by atoms with Crippen molar-refractivity contribution in [1.82, 2.24) is 20.2 Å². The minimum Gasteiger partial charge on any atom is -0.465 e. The summed E-state index contributed by atoms with van der Waals surface area (Å²) in [6.45, 7) is 12.8. The Morgan fingerprint density at radius 1 is 1.21 bits per heavy atom. The van der Waals surface area contributed by atoms with Crippen LogP contribution < -0.4 is 10.8 Å². The number of carboxylic acid groups (broad SMARTS) is 1. The van der Waals surface area contributed by atoms with Crippen LogP contribution in [0.5, 0.6) is 0 Å². The Morgan fingerprint density at radius 3 is 2.39 bits per heavy atom. The van der Waals surface area contributed by atoms with Gasteiger partial charge in [0.1, 0.15) is 11.9 Å². The van der Waals surface area contributed by atoms with E-state index >= 15 is 0 Å². The number of rotatable bonds is 8. The number of hydrogen-bond acceptors (Lipinski definition) is 6. The van der Waals surface area contributed by atoms with Crippen LogP contribution in [-0.2, 0) is 18.8 Å². The van der Waals surface area contributed by atoms with Gasteiger partial charge in [0.05, 0.1) is 35.7 Å². The van der Waals surface area contributed by atoms with Crippen LogP contribution >= 0.6 is 0 Å². The quantitative estimate of drug-likeness (QED) is 0.451. The summed E-state index contributed by atoms with van der Waals surface area (Å²) in [5.41, 5.74) is 1.89. The third kappa shape index (κ3) is 5.60. The number of carbonyl (C=O) groups is 2. The molecule has 3 unspecified atom stereocenters. The molecular weight excluding hydrogens is 487 g/mol. The molecule has 0 radical (unpaired) electrons. The molecule has 4 rings (SSSR count). The fourth-order valence-corrected chi connectivity index (χ4v) is 5.06. The summed E-state index contributed by atoms with van der Waals surface area (Å²) < 4.78 is 17.7. The highest BCUT2D eigenvalue weighted by molar-refractivity contribution is 6.62. The zero-order chi connectivity index (χ0) is 27.8. The molecule has 11 heteroatoms.